The van der Waals surface area contributed by atoms with Gasteiger partial charge >= 0.3 is 0 Å². The summed E-state index contributed by atoms with van der Waals surface area (Å²) in [5.74, 6) is -0.900. The number of rotatable bonds is 3. The number of carbonyl (C=O) groups excluding carboxylic acids is 2. The van der Waals surface area contributed by atoms with Crippen molar-refractivity contribution in [2.24, 2.45) is 0 Å². The Hall–Kier alpha value is -1.16. The highest BCUT2D eigenvalue weighted by Crippen LogP contribution is 2.12. The molecule has 0 atom stereocenters. The Morgan fingerprint density at radius 1 is 1.40 bits per heavy atom. The number of hydrogen-bond acceptors (Lipinski definition) is 2. The van der Waals surface area contributed by atoms with E-state index >= 15 is 0 Å². The first-order valence-corrected chi connectivity index (χ1v) is 5.30. The third-order valence-corrected chi connectivity index (χ3v) is 2.45. The average molecular weight is 270 g/mol. The van der Waals surface area contributed by atoms with Crippen LogP contribution in [0.25, 0.3) is 0 Å². The molecular formula is C11H12BrNO2. The normalized spacial score (nSPS) is 9.80. The first kappa shape index (κ1) is 11.9. The largest absolute Gasteiger partial charge is 0.335 e. The predicted octanol–water partition coefficient (Wildman–Crippen LogP) is 2.00. The highest BCUT2D eigenvalue weighted by Gasteiger charge is 2.13. The lowest BCUT2D eigenvalue weighted by molar-refractivity contribution is -0.143. The lowest BCUT2D eigenvalue weighted by Crippen LogP contribution is -2.31. The van der Waals surface area contributed by atoms with Crippen LogP contribution in [0.1, 0.15) is 12.5 Å². The van der Waals surface area contributed by atoms with Crippen LogP contribution >= 0.6 is 15.9 Å². The van der Waals surface area contributed by atoms with Crippen molar-refractivity contribution >= 4 is 27.6 Å². The van der Waals surface area contributed by atoms with Crippen LogP contribution in [0.3, 0.4) is 0 Å². The van der Waals surface area contributed by atoms with Crippen LogP contribution < -0.4 is 0 Å². The molecule has 1 aromatic carbocycles. The molecule has 0 radical (unpaired) electrons. The van der Waals surface area contributed by atoms with Crippen molar-refractivity contribution in [2.75, 3.05) is 7.05 Å². The fourth-order valence-electron chi connectivity index (χ4n) is 1.25. The minimum atomic E-state index is -0.463. The molecule has 0 N–H and O–H groups in total. The van der Waals surface area contributed by atoms with E-state index in [1.807, 2.05) is 24.3 Å². The van der Waals surface area contributed by atoms with E-state index in [1.165, 1.54) is 11.8 Å². The molecule has 0 aliphatic carbocycles. The van der Waals surface area contributed by atoms with Gasteiger partial charge in [0.1, 0.15) is 0 Å². The molecule has 0 bridgehead atoms. The highest BCUT2D eigenvalue weighted by molar-refractivity contribution is 9.10. The number of carbonyl (C=O) groups is 2. The Morgan fingerprint density at radius 2 is 2.07 bits per heavy atom. The van der Waals surface area contributed by atoms with Crippen LogP contribution in [-0.4, -0.2) is 23.6 Å². The van der Waals surface area contributed by atoms with Gasteiger partial charge in [-0.3, -0.25) is 9.59 Å². The predicted molar refractivity (Wildman–Crippen MR) is 61.3 cm³/mol. The summed E-state index contributed by atoms with van der Waals surface area (Å²) in [5, 5.41) is 0. The number of halogens is 1. The maximum Gasteiger partial charge on any atom is 0.289 e. The molecule has 1 amide bonds. The maximum atomic E-state index is 11.3. The number of likely N-dealkylation sites (N-methyl/N-ethyl adjacent to an activating group) is 1. The van der Waals surface area contributed by atoms with Crippen LogP contribution in [0.5, 0.6) is 0 Å². The smallest absolute Gasteiger partial charge is 0.289 e. The third kappa shape index (κ3) is 3.47. The molecular weight excluding hydrogens is 258 g/mol. The van der Waals surface area contributed by atoms with Crippen molar-refractivity contribution < 1.29 is 9.59 Å². The molecule has 0 fully saturated rings. The van der Waals surface area contributed by atoms with Gasteiger partial charge in [0.15, 0.2) is 0 Å². The first-order chi connectivity index (χ1) is 7.00. The molecule has 4 heteroatoms. The Labute approximate surface area is 97.2 Å². The first-order valence-electron chi connectivity index (χ1n) is 4.51. The summed E-state index contributed by atoms with van der Waals surface area (Å²) in [4.78, 5) is 23.5. The van der Waals surface area contributed by atoms with Gasteiger partial charge in [0, 0.05) is 25.0 Å². The van der Waals surface area contributed by atoms with Crippen LogP contribution in [0.2, 0.25) is 0 Å². The quantitative estimate of drug-likeness (QED) is 0.788. The Bertz CT molecular complexity index is 390. The molecule has 1 rings (SSSR count). The van der Waals surface area contributed by atoms with E-state index in [0.29, 0.717) is 6.54 Å². The van der Waals surface area contributed by atoms with Crippen LogP contribution in [0, 0.1) is 0 Å². The number of ketones is 1. The van der Waals surface area contributed by atoms with Gasteiger partial charge in [0.2, 0.25) is 5.78 Å². The van der Waals surface area contributed by atoms with Gasteiger partial charge in [-0.2, -0.15) is 0 Å². The summed E-state index contributed by atoms with van der Waals surface area (Å²) in [6.07, 6.45) is 0. The van der Waals surface area contributed by atoms with Gasteiger partial charge in [-0.1, -0.05) is 28.1 Å². The second-order valence-electron chi connectivity index (χ2n) is 3.35. The van der Waals surface area contributed by atoms with Crippen molar-refractivity contribution in [1.82, 2.24) is 4.90 Å². The number of hydrogen-bond donors (Lipinski definition) is 0. The van der Waals surface area contributed by atoms with E-state index in [9.17, 15) is 9.59 Å². The van der Waals surface area contributed by atoms with Gasteiger partial charge in [-0.05, 0) is 17.7 Å². The molecule has 1 aromatic rings. The van der Waals surface area contributed by atoms with E-state index in [1.54, 1.807) is 7.05 Å². The zero-order valence-corrected chi connectivity index (χ0v) is 10.2. The van der Waals surface area contributed by atoms with E-state index in [4.69, 9.17) is 0 Å². The van der Waals surface area contributed by atoms with Crippen molar-refractivity contribution in [2.45, 2.75) is 13.5 Å². The van der Waals surface area contributed by atoms with Crippen LogP contribution in [0.4, 0.5) is 0 Å². The number of benzene rings is 1. The van der Waals surface area contributed by atoms with Crippen molar-refractivity contribution in [3.63, 3.8) is 0 Å². The van der Waals surface area contributed by atoms with Gasteiger partial charge in [-0.15, -0.1) is 0 Å². The van der Waals surface area contributed by atoms with Gasteiger partial charge in [-0.25, -0.2) is 0 Å². The summed E-state index contributed by atoms with van der Waals surface area (Å²) in [6, 6.07) is 7.64. The third-order valence-electron chi connectivity index (χ3n) is 1.96. The molecule has 0 aliphatic rings. The van der Waals surface area contributed by atoms with Crippen LogP contribution in [-0.2, 0) is 16.1 Å². The lowest BCUT2D eigenvalue weighted by atomic mass is 10.2. The summed E-state index contributed by atoms with van der Waals surface area (Å²) < 4.78 is 0.962. The molecule has 0 unspecified atom stereocenters. The summed E-state index contributed by atoms with van der Waals surface area (Å²) in [5.41, 5.74) is 0.987. The standard InChI is InChI=1S/C11H12BrNO2/c1-8(14)11(15)13(2)7-9-4-3-5-10(12)6-9/h3-6H,7H2,1-2H3. The van der Waals surface area contributed by atoms with Gasteiger partial charge in [0.05, 0.1) is 0 Å². The zero-order chi connectivity index (χ0) is 11.4. The molecule has 0 saturated carbocycles. The fraction of sp³-hybridized carbons (Fsp3) is 0.273. The molecule has 0 aromatic heterocycles. The topological polar surface area (TPSA) is 37.4 Å². The minimum absolute atomic E-state index is 0.438. The van der Waals surface area contributed by atoms with E-state index in [0.717, 1.165) is 10.0 Å². The average Bonchev–Trinajstić information content (AvgIpc) is 2.16. The van der Waals surface area contributed by atoms with Gasteiger partial charge < -0.3 is 4.90 Å². The molecule has 0 aliphatic heterocycles. The van der Waals surface area contributed by atoms with Crippen molar-refractivity contribution in [3.05, 3.63) is 34.3 Å². The summed E-state index contributed by atoms with van der Waals surface area (Å²) in [6.45, 7) is 1.72. The highest BCUT2D eigenvalue weighted by atomic mass is 79.9. The second-order valence-corrected chi connectivity index (χ2v) is 4.26. The van der Waals surface area contributed by atoms with Crippen molar-refractivity contribution in [3.8, 4) is 0 Å². The lowest BCUT2D eigenvalue weighted by Gasteiger charge is -2.15. The summed E-state index contributed by atoms with van der Waals surface area (Å²) in [7, 11) is 1.62. The molecule has 0 saturated heterocycles. The van der Waals surface area contributed by atoms with E-state index in [2.05, 4.69) is 15.9 Å². The Balaban J connectivity index is 2.70. The SMILES string of the molecule is CC(=O)C(=O)N(C)Cc1cccc(Br)c1. The Kier molecular flexibility index (Phi) is 4.03. The monoisotopic (exact) mass is 269 g/mol. The van der Waals surface area contributed by atoms with E-state index < -0.39 is 11.7 Å². The molecule has 0 heterocycles. The van der Waals surface area contributed by atoms with Gasteiger partial charge in [0.25, 0.3) is 5.91 Å². The molecule has 3 nitrogen and oxygen atoms in total. The fourth-order valence-corrected chi connectivity index (χ4v) is 1.70. The van der Waals surface area contributed by atoms with Crippen molar-refractivity contribution in [1.29, 1.82) is 0 Å². The molecule has 15 heavy (non-hydrogen) atoms. The number of amides is 1. The number of nitrogens with zero attached hydrogens (tertiary/aromatic N) is 1. The molecule has 80 valence electrons. The zero-order valence-electron chi connectivity index (χ0n) is 8.66. The molecule has 0 spiro atoms. The summed E-state index contributed by atoms with van der Waals surface area (Å²) >= 11 is 3.35. The second kappa shape index (κ2) is 5.07. The van der Waals surface area contributed by atoms with E-state index in [-0.39, 0.29) is 0 Å². The Morgan fingerprint density at radius 3 is 2.60 bits per heavy atom. The minimum Gasteiger partial charge on any atom is -0.335 e. The number of Topliss-reactive ketones (excluding diaryl/α,β-unsaturated/α-hetero) is 1. The maximum absolute atomic E-state index is 11.3. The van der Waals surface area contributed by atoms with Crippen LogP contribution in [0.15, 0.2) is 28.7 Å².